The number of hydroxylamine groups is 9. The quantitative estimate of drug-likeness (QED) is 0.409. The second kappa shape index (κ2) is 8.14. The second-order valence-electron chi connectivity index (χ2n) is 3.95. The van der Waals surface area contributed by atoms with Crippen LogP contribution in [0.1, 0.15) is 13.3 Å². The van der Waals surface area contributed by atoms with Crippen LogP contribution in [-0.2, 0) is 34.1 Å². The molecule has 0 bridgehead atoms. The van der Waals surface area contributed by atoms with Crippen molar-refractivity contribution in [2.24, 2.45) is 0 Å². The normalized spacial score (nSPS) is 16.2. The Labute approximate surface area is 119 Å². The standard InChI is InChI=1S/C10H28N3O7/c1-9-10-13(17-7,18-8)20-12(3,16-6)19-11(2,14-4)15-5/h9-10H2,1-8H3/q+3. The predicted octanol–water partition coefficient (Wildman–Crippen LogP) is 0.607. The molecule has 1 unspecified atom stereocenters. The summed E-state index contributed by atoms with van der Waals surface area (Å²) in [5.74, 6) is 0. The first kappa shape index (κ1) is 19.6. The molecule has 0 saturated heterocycles. The summed E-state index contributed by atoms with van der Waals surface area (Å²) in [6, 6.07) is 0. The Balaban J connectivity index is 5.12. The molecule has 0 aliphatic heterocycles. The second-order valence-corrected chi connectivity index (χ2v) is 3.95. The van der Waals surface area contributed by atoms with Gasteiger partial charge in [0.1, 0.15) is 45.4 Å². The van der Waals surface area contributed by atoms with Crippen LogP contribution >= 0.6 is 0 Å². The first-order chi connectivity index (χ1) is 9.28. The van der Waals surface area contributed by atoms with Crippen LogP contribution in [0.3, 0.4) is 0 Å². The van der Waals surface area contributed by atoms with Crippen molar-refractivity contribution in [2.75, 3.05) is 56.2 Å². The van der Waals surface area contributed by atoms with Crippen molar-refractivity contribution < 1.29 is 49.0 Å². The third-order valence-corrected chi connectivity index (χ3v) is 2.62. The molecule has 0 amide bonds. The van der Waals surface area contributed by atoms with Gasteiger partial charge in [-0.3, -0.25) is 0 Å². The zero-order chi connectivity index (χ0) is 15.9. The van der Waals surface area contributed by atoms with Crippen LogP contribution in [0.5, 0.6) is 0 Å². The van der Waals surface area contributed by atoms with Crippen molar-refractivity contribution in [2.45, 2.75) is 13.3 Å². The monoisotopic (exact) mass is 302 g/mol. The zero-order valence-electron chi connectivity index (χ0n) is 13.6. The molecule has 0 fully saturated rings. The van der Waals surface area contributed by atoms with Crippen molar-refractivity contribution in [3.63, 3.8) is 0 Å². The minimum Gasteiger partial charge on any atom is -0.131 e. The maximum absolute atomic E-state index is 5.62. The lowest BCUT2D eigenvalue weighted by atomic mass is 10.5. The van der Waals surface area contributed by atoms with Gasteiger partial charge in [-0.15, -0.1) is 24.2 Å². The molecule has 0 aromatic carbocycles. The molecule has 0 aromatic heterocycles. The van der Waals surface area contributed by atoms with E-state index < -0.39 is 14.9 Å². The summed E-state index contributed by atoms with van der Waals surface area (Å²) >= 11 is 0. The van der Waals surface area contributed by atoms with Gasteiger partial charge in [0.2, 0.25) is 4.97 Å². The fourth-order valence-corrected chi connectivity index (χ4v) is 1.36. The van der Waals surface area contributed by atoms with Gasteiger partial charge in [-0.05, 0) is 0 Å². The maximum atomic E-state index is 5.62. The lowest BCUT2D eigenvalue weighted by Gasteiger charge is -2.30. The first-order valence-corrected chi connectivity index (χ1v) is 6.10. The van der Waals surface area contributed by atoms with Gasteiger partial charge in [0.15, 0.2) is 30.6 Å². The molecule has 0 N–H and O–H groups in total. The Hall–Kier alpha value is -0.400. The molecule has 20 heavy (non-hydrogen) atoms. The van der Waals surface area contributed by atoms with Gasteiger partial charge >= 0.3 is 0 Å². The van der Waals surface area contributed by atoms with Gasteiger partial charge in [0.05, 0.1) is 0 Å². The molecular weight excluding hydrogens is 274 g/mol. The van der Waals surface area contributed by atoms with Crippen LogP contribution in [0.25, 0.3) is 0 Å². The number of nitrogens with zero attached hydrogens (tertiary/aromatic N) is 3. The largest absolute Gasteiger partial charge is 0.213 e. The van der Waals surface area contributed by atoms with E-state index in [0.717, 1.165) is 6.42 Å². The van der Waals surface area contributed by atoms with E-state index in [9.17, 15) is 0 Å². The van der Waals surface area contributed by atoms with Crippen LogP contribution in [0.2, 0.25) is 0 Å². The fraction of sp³-hybridized carbons (Fsp3) is 1.00. The highest BCUT2D eigenvalue weighted by Gasteiger charge is 2.54. The SMILES string of the molecule is CCC[N+](OC)(OC)O[N+](C)(OC)O[N+](C)(OC)OC. The van der Waals surface area contributed by atoms with Gasteiger partial charge in [0, 0.05) is 6.42 Å². The smallest absolute Gasteiger partial charge is 0.131 e. The van der Waals surface area contributed by atoms with Crippen molar-refractivity contribution in [3.8, 4) is 0 Å². The summed E-state index contributed by atoms with van der Waals surface area (Å²) in [5, 5.41) is 0. The molecule has 0 aliphatic rings. The molecule has 0 aliphatic carbocycles. The van der Waals surface area contributed by atoms with Crippen LogP contribution in [0.4, 0.5) is 0 Å². The molecule has 1 atom stereocenters. The van der Waals surface area contributed by atoms with E-state index in [1.165, 1.54) is 49.6 Å². The van der Waals surface area contributed by atoms with Crippen molar-refractivity contribution in [1.29, 1.82) is 0 Å². The topological polar surface area (TPSA) is 64.6 Å². The van der Waals surface area contributed by atoms with E-state index in [1.54, 1.807) is 0 Å². The Morgan fingerprint density at radius 3 is 1.40 bits per heavy atom. The summed E-state index contributed by atoms with van der Waals surface area (Å²) in [6.45, 7) is 2.37. The van der Waals surface area contributed by atoms with E-state index in [0.29, 0.717) is 6.54 Å². The Morgan fingerprint density at radius 2 is 1.10 bits per heavy atom. The Morgan fingerprint density at radius 1 is 0.650 bits per heavy atom. The molecule has 0 saturated carbocycles. The number of rotatable bonds is 11. The third kappa shape index (κ3) is 5.18. The number of quaternary nitrogens is 3. The molecule has 0 aromatic rings. The van der Waals surface area contributed by atoms with Crippen molar-refractivity contribution in [3.05, 3.63) is 0 Å². The van der Waals surface area contributed by atoms with Gasteiger partial charge in [-0.2, -0.15) is 0 Å². The summed E-state index contributed by atoms with van der Waals surface area (Å²) in [4.78, 5) is 34.8. The summed E-state index contributed by atoms with van der Waals surface area (Å²) < 4.78 is 0. The lowest BCUT2D eigenvalue weighted by Crippen LogP contribution is -2.62. The Kier molecular flexibility index (Phi) is 7.98. The minimum atomic E-state index is -0.806. The highest BCUT2D eigenvalue weighted by Crippen LogP contribution is 2.22. The molecule has 10 heteroatoms. The summed E-state index contributed by atoms with van der Waals surface area (Å²) in [6.07, 6.45) is 0.742. The highest BCUT2D eigenvalue weighted by molar-refractivity contribution is 4.13. The molecule has 0 radical (unpaired) electrons. The summed E-state index contributed by atoms with van der Waals surface area (Å²) in [5.41, 5.74) is 0. The van der Waals surface area contributed by atoms with E-state index >= 15 is 0 Å². The van der Waals surface area contributed by atoms with Crippen molar-refractivity contribution >= 4 is 0 Å². The average molecular weight is 302 g/mol. The maximum Gasteiger partial charge on any atom is 0.213 e. The summed E-state index contributed by atoms with van der Waals surface area (Å²) in [7, 11) is 10.1. The molecular formula is C10H28N3O7+3. The van der Waals surface area contributed by atoms with Crippen LogP contribution < -0.4 is 0 Å². The lowest BCUT2D eigenvalue weighted by molar-refractivity contribution is -1.64. The predicted molar refractivity (Wildman–Crippen MR) is 65.0 cm³/mol. The van der Waals surface area contributed by atoms with Crippen LogP contribution in [0, 0.1) is 0 Å². The zero-order valence-corrected chi connectivity index (χ0v) is 13.6. The van der Waals surface area contributed by atoms with Crippen LogP contribution in [0.15, 0.2) is 0 Å². The third-order valence-electron chi connectivity index (χ3n) is 2.62. The minimum absolute atomic E-state index is 0.414. The fourth-order valence-electron chi connectivity index (χ4n) is 1.36. The van der Waals surface area contributed by atoms with E-state index in [1.807, 2.05) is 6.92 Å². The average Bonchev–Trinajstić information content (AvgIpc) is 2.46. The highest BCUT2D eigenvalue weighted by atomic mass is 17.4. The van der Waals surface area contributed by atoms with E-state index in [4.69, 9.17) is 34.1 Å². The molecule has 10 nitrogen and oxygen atoms in total. The van der Waals surface area contributed by atoms with E-state index in [2.05, 4.69) is 0 Å². The molecule has 0 rings (SSSR count). The molecule has 122 valence electrons. The number of hydrogen-bond donors (Lipinski definition) is 0. The molecule has 0 spiro atoms. The van der Waals surface area contributed by atoms with Crippen LogP contribution in [-0.4, -0.2) is 71.1 Å². The van der Waals surface area contributed by atoms with Gasteiger partial charge in [-0.25, -0.2) is 0 Å². The molecule has 0 heterocycles. The van der Waals surface area contributed by atoms with Crippen molar-refractivity contribution in [1.82, 2.24) is 0 Å². The Bertz CT molecular complexity index is 274. The number of hydrogen-bond acceptors (Lipinski definition) is 7. The van der Waals surface area contributed by atoms with Gasteiger partial charge in [0.25, 0.3) is 0 Å². The first-order valence-electron chi connectivity index (χ1n) is 6.10. The van der Waals surface area contributed by atoms with Gasteiger partial charge < -0.3 is 0 Å². The van der Waals surface area contributed by atoms with Gasteiger partial charge in [-0.1, -0.05) is 6.92 Å². The van der Waals surface area contributed by atoms with E-state index in [-0.39, 0.29) is 0 Å².